The largest absolute Gasteiger partial charge is 0.377 e. The zero-order valence-electron chi connectivity index (χ0n) is 6.16. The average molecular weight is 157 g/mol. The topological polar surface area (TPSA) is 50.7 Å². The zero-order chi connectivity index (χ0) is 7.56. The SMILES string of the molecule is CC(C)C1=NN=C(N)SC1. The maximum Gasteiger partial charge on any atom is 0.180 e. The first-order valence-electron chi connectivity index (χ1n) is 3.23. The highest BCUT2D eigenvalue weighted by Crippen LogP contribution is 2.11. The van der Waals surface area contributed by atoms with E-state index in [-0.39, 0.29) is 0 Å². The van der Waals surface area contributed by atoms with Crippen molar-refractivity contribution in [1.29, 1.82) is 0 Å². The van der Waals surface area contributed by atoms with E-state index in [1.165, 1.54) is 0 Å². The van der Waals surface area contributed by atoms with Crippen molar-refractivity contribution in [3.05, 3.63) is 0 Å². The molecule has 10 heavy (non-hydrogen) atoms. The van der Waals surface area contributed by atoms with Crippen LogP contribution in [0, 0.1) is 5.92 Å². The number of rotatable bonds is 1. The van der Waals surface area contributed by atoms with E-state index < -0.39 is 0 Å². The molecule has 1 heterocycles. The number of amidine groups is 1. The van der Waals surface area contributed by atoms with Gasteiger partial charge < -0.3 is 5.73 Å². The Morgan fingerprint density at radius 1 is 1.50 bits per heavy atom. The first-order chi connectivity index (χ1) is 4.70. The van der Waals surface area contributed by atoms with Crippen LogP contribution < -0.4 is 5.73 Å². The maximum absolute atomic E-state index is 5.40. The first kappa shape index (κ1) is 7.60. The molecule has 1 aliphatic heterocycles. The molecule has 4 heteroatoms. The third kappa shape index (κ3) is 1.73. The minimum atomic E-state index is 0.490. The Morgan fingerprint density at radius 3 is 2.60 bits per heavy atom. The molecule has 0 aromatic rings. The molecule has 0 atom stereocenters. The predicted octanol–water partition coefficient (Wildman–Crippen LogP) is 1.06. The number of hydrogen-bond donors (Lipinski definition) is 1. The summed E-state index contributed by atoms with van der Waals surface area (Å²) in [6.45, 7) is 4.22. The fourth-order valence-electron chi connectivity index (χ4n) is 0.601. The van der Waals surface area contributed by atoms with E-state index in [9.17, 15) is 0 Å². The van der Waals surface area contributed by atoms with Crippen LogP contribution in [0.1, 0.15) is 13.8 Å². The third-order valence-electron chi connectivity index (χ3n) is 1.31. The summed E-state index contributed by atoms with van der Waals surface area (Å²) in [6.07, 6.45) is 0. The van der Waals surface area contributed by atoms with Crippen LogP contribution in [0.2, 0.25) is 0 Å². The van der Waals surface area contributed by atoms with Gasteiger partial charge in [-0.25, -0.2) is 0 Å². The van der Waals surface area contributed by atoms with Gasteiger partial charge in [-0.3, -0.25) is 0 Å². The standard InChI is InChI=1S/C6H11N3S/c1-4(2)5-3-10-6(7)9-8-5/h4H,3H2,1-2H3,(H2,7,9). The Kier molecular flexibility index (Phi) is 2.32. The average Bonchev–Trinajstić information content (AvgIpc) is 1.88. The van der Waals surface area contributed by atoms with Crippen molar-refractivity contribution < 1.29 is 0 Å². The fourth-order valence-corrected chi connectivity index (χ4v) is 1.39. The molecule has 56 valence electrons. The van der Waals surface area contributed by atoms with Crippen molar-refractivity contribution in [3.8, 4) is 0 Å². The van der Waals surface area contributed by atoms with E-state index in [1.807, 2.05) is 0 Å². The molecule has 0 spiro atoms. The molecule has 0 aliphatic carbocycles. The van der Waals surface area contributed by atoms with Crippen LogP contribution in [-0.4, -0.2) is 16.6 Å². The minimum Gasteiger partial charge on any atom is -0.377 e. The smallest absolute Gasteiger partial charge is 0.180 e. The maximum atomic E-state index is 5.40. The van der Waals surface area contributed by atoms with E-state index in [4.69, 9.17) is 5.73 Å². The highest BCUT2D eigenvalue weighted by molar-refractivity contribution is 8.14. The molecule has 3 nitrogen and oxygen atoms in total. The van der Waals surface area contributed by atoms with Gasteiger partial charge in [0.1, 0.15) is 0 Å². The molecule has 0 aromatic heterocycles. The monoisotopic (exact) mass is 157 g/mol. The summed E-state index contributed by atoms with van der Waals surface area (Å²) in [5.74, 6) is 1.39. The number of thioether (sulfide) groups is 1. The molecule has 0 amide bonds. The lowest BCUT2D eigenvalue weighted by Crippen LogP contribution is -2.19. The molecule has 1 rings (SSSR count). The minimum absolute atomic E-state index is 0.490. The van der Waals surface area contributed by atoms with E-state index in [2.05, 4.69) is 24.1 Å². The van der Waals surface area contributed by atoms with Gasteiger partial charge in [0.15, 0.2) is 5.17 Å². The molecule has 0 bridgehead atoms. The van der Waals surface area contributed by atoms with E-state index in [0.717, 1.165) is 11.5 Å². The van der Waals surface area contributed by atoms with Crippen LogP contribution in [-0.2, 0) is 0 Å². The van der Waals surface area contributed by atoms with Crippen LogP contribution in [0.3, 0.4) is 0 Å². The van der Waals surface area contributed by atoms with Crippen molar-refractivity contribution >= 4 is 22.6 Å². The van der Waals surface area contributed by atoms with Gasteiger partial charge in [-0.1, -0.05) is 25.6 Å². The summed E-state index contributed by atoms with van der Waals surface area (Å²) >= 11 is 1.55. The van der Waals surface area contributed by atoms with Gasteiger partial charge in [0.25, 0.3) is 0 Å². The van der Waals surface area contributed by atoms with Crippen molar-refractivity contribution in [3.63, 3.8) is 0 Å². The molecule has 0 radical (unpaired) electrons. The summed E-state index contributed by atoms with van der Waals surface area (Å²) in [5, 5.41) is 8.32. The molecule has 0 unspecified atom stereocenters. The van der Waals surface area contributed by atoms with Crippen molar-refractivity contribution in [2.45, 2.75) is 13.8 Å². The molecule has 0 aromatic carbocycles. The normalized spacial score (nSPS) is 18.7. The van der Waals surface area contributed by atoms with Crippen molar-refractivity contribution in [1.82, 2.24) is 0 Å². The summed E-state index contributed by atoms with van der Waals surface area (Å²) in [7, 11) is 0. The molecule has 0 fully saturated rings. The lowest BCUT2D eigenvalue weighted by molar-refractivity contribution is 0.870. The van der Waals surface area contributed by atoms with Crippen molar-refractivity contribution in [2.75, 3.05) is 5.75 Å². The van der Waals surface area contributed by atoms with Crippen LogP contribution in [0.15, 0.2) is 10.2 Å². The fraction of sp³-hybridized carbons (Fsp3) is 0.667. The van der Waals surface area contributed by atoms with Gasteiger partial charge >= 0.3 is 0 Å². The predicted molar refractivity (Wildman–Crippen MR) is 46.4 cm³/mol. The Hall–Kier alpha value is -0.510. The van der Waals surface area contributed by atoms with Crippen LogP contribution in [0.25, 0.3) is 0 Å². The molecular weight excluding hydrogens is 146 g/mol. The van der Waals surface area contributed by atoms with Gasteiger partial charge in [-0.05, 0) is 5.92 Å². The first-order valence-corrected chi connectivity index (χ1v) is 4.21. The number of nitrogens with zero attached hydrogens (tertiary/aromatic N) is 2. The quantitative estimate of drug-likeness (QED) is 0.618. The van der Waals surface area contributed by atoms with Gasteiger partial charge in [0.05, 0.1) is 5.71 Å². The zero-order valence-corrected chi connectivity index (χ0v) is 6.98. The molecule has 2 N–H and O–H groups in total. The lowest BCUT2D eigenvalue weighted by Gasteiger charge is -2.10. The summed E-state index contributed by atoms with van der Waals surface area (Å²) in [5.41, 5.74) is 6.53. The van der Waals surface area contributed by atoms with E-state index in [1.54, 1.807) is 11.8 Å². The van der Waals surface area contributed by atoms with Gasteiger partial charge in [-0.2, -0.15) is 5.10 Å². The summed E-state index contributed by atoms with van der Waals surface area (Å²) < 4.78 is 0. The molecule has 1 aliphatic rings. The van der Waals surface area contributed by atoms with Crippen molar-refractivity contribution in [2.24, 2.45) is 21.9 Å². The summed E-state index contributed by atoms with van der Waals surface area (Å²) in [4.78, 5) is 0. The second-order valence-electron chi connectivity index (χ2n) is 2.47. The Bertz CT molecular complexity index is 183. The lowest BCUT2D eigenvalue weighted by atomic mass is 10.1. The van der Waals surface area contributed by atoms with Crippen LogP contribution >= 0.6 is 11.8 Å². The Balaban J connectivity index is 2.64. The third-order valence-corrected chi connectivity index (χ3v) is 2.13. The molecule has 0 saturated carbocycles. The van der Waals surface area contributed by atoms with Crippen LogP contribution in [0.5, 0.6) is 0 Å². The second-order valence-corrected chi connectivity index (χ2v) is 3.47. The van der Waals surface area contributed by atoms with Gasteiger partial charge in [0.2, 0.25) is 0 Å². The van der Waals surface area contributed by atoms with Gasteiger partial charge in [0, 0.05) is 5.75 Å². The van der Waals surface area contributed by atoms with E-state index in [0.29, 0.717) is 11.1 Å². The van der Waals surface area contributed by atoms with Gasteiger partial charge in [-0.15, -0.1) is 5.10 Å². The number of nitrogens with two attached hydrogens (primary N) is 1. The molecular formula is C6H11N3S. The Morgan fingerprint density at radius 2 is 2.20 bits per heavy atom. The van der Waals surface area contributed by atoms with Crippen LogP contribution in [0.4, 0.5) is 0 Å². The summed E-state index contributed by atoms with van der Waals surface area (Å²) in [6, 6.07) is 0. The Labute approximate surface area is 64.8 Å². The highest BCUT2D eigenvalue weighted by Gasteiger charge is 2.10. The number of hydrogen-bond acceptors (Lipinski definition) is 4. The molecule has 0 saturated heterocycles. The second kappa shape index (κ2) is 3.05. The highest BCUT2D eigenvalue weighted by atomic mass is 32.2. The van der Waals surface area contributed by atoms with E-state index >= 15 is 0 Å².